The molecule has 1 aliphatic heterocycles. The van der Waals surface area contributed by atoms with Gasteiger partial charge in [-0.05, 0) is 37.7 Å². The topological polar surface area (TPSA) is 50.6 Å². The van der Waals surface area contributed by atoms with Gasteiger partial charge >= 0.3 is 5.97 Å². The molecule has 1 fully saturated rings. The summed E-state index contributed by atoms with van der Waals surface area (Å²) >= 11 is 0. The third-order valence-electron chi connectivity index (χ3n) is 4.87. The molecule has 0 aliphatic carbocycles. The second-order valence-corrected chi connectivity index (χ2v) is 6.85. The fraction of sp³-hybridized carbons (Fsp3) is 0.474. The van der Waals surface area contributed by atoms with Crippen LogP contribution in [0.15, 0.2) is 42.7 Å². The number of hydrogen-bond donors (Lipinski definition) is 0. The number of benzene rings is 1. The minimum absolute atomic E-state index is 0.142. The van der Waals surface area contributed by atoms with Gasteiger partial charge in [-0.2, -0.15) is 5.10 Å². The number of hydrogen-bond acceptors (Lipinski definition) is 5. The summed E-state index contributed by atoms with van der Waals surface area (Å²) < 4.78 is 6.92. The van der Waals surface area contributed by atoms with Crippen molar-refractivity contribution in [2.24, 2.45) is 0 Å². The van der Waals surface area contributed by atoms with Crippen LogP contribution in [0.2, 0.25) is 0 Å². The Kier molecular flexibility index (Phi) is 5.50. The molecule has 0 radical (unpaired) electrons. The zero-order valence-corrected chi connectivity index (χ0v) is 15.1. The second kappa shape index (κ2) is 7.80. The maximum absolute atomic E-state index is 12.2. The summed E-state index contributed by atoms with van der Waals surface area (Å²) in [5.41, 5.74) is 2.41. The van der Waals surface area contributed by atoms with E-state index >= 15 is 0 Å². The summed E-state index contributed by atoms with van der Waals surface area (Å²) in [5, 5.41) is 4.26. The first-order chi connectivity index (χ1) is 12.1. The first-order valence-corrected chi connectivity index (χ1v) is 8.60. The predicted octanol–water partition coefficient (Wildman–Crippen LogP) is 1.61. The second-order valence-electron chi connectivity index (χ2n) is 6.85. The number of methoxy groups -OCH3 is 1. The Morgan fingerprint density at radius 3 is 2.68 bits per heavy atom. The molecule has 0 N–H and O–H groups in total. The molecule has 1 aliphatic rings. The molecule has 0 bridgehead atoms. The van der Waals surface area contributed by atoms with E-state index in [4.69, 9.17) is 4.74 Å². The van der Waals surface area contributed by atoms with Crippen LogP contribution < -0.4 is 0 Å². The van der Waals surface area contributed by atoms with Crippen molar-refractivity contribution in [1.29, 1.82) is 0 Å². The largest absolute Gasteiger partial charge is 0.468 e. The fourth-order valence-electron chi connectivity index (χ4n) is 3.45. The molecule has 2 atom stereocenters. The molecular weight excluding hydrogens is 316 g/mol. The van der Waals surface area contributed by atoms with Crippen molar-refractivity contribution in [3.63, 3.8) is 0 Å². The van der Waals surface area contributed by atoms with E-state index in [2.05, 4.69) is 53.3 Å². The Hall–Kier alpha value is -2.18. The molecule has 1 aromatic carbocycles. The number of carbonyl (C=O) groups is 1. The maximum atomic E-state index is 12.2. The molecule has 134 valence electrons. The molecule has 0 amide bonds. The van der Waals surface area contributed by atoms with Crippen LogP contribution in [0.3, 0.4) is 0 Å². The normalized spacial score (nSPS) is 21.0. The van der Waals surface area contributed by atoms with Gasteiger partial charge in [0.05, 0.1) is 13.7 Å². The van der Waals surface area contributed by atoms with Gasteiger partial charge in [-0.25, -0.2) is 0 Å². The summed E-state index contributed by atoms with van der Waals surface area (Å²) in [4.78, 5) is 16.6. The van der Waals surface area contributed by atoms with Crippen LogP contribution >= 0.6 is 0 Å². The van der Waals surface area contributed by atoms with E-state index in [-0.39, 0.29) is 12.0 Å². The molecule has 0 unspecified atom stereocenters. The average molecular weight is 342 g/mol. The van der Waals surface area contributed by atoms with Gasteiger partial charge in [0.25, 0.3) is 0 Å². The standard InChI is InChI=1S/C19H26N4O2/c1-21(2)17-11-18(19(24)25-3)22(14-17)12-15-6-4-7-16(10-15)13-23-9-5-8-20-23/h4-10,17-18H,11-14H2,1-3H3/t17-,18+/m1/s1. The first-order valence-electron chi connectivity index (χ1n) is 8.60. The number of rotatable bonds is 6. The van der Waals surface area contributed by atoms with Crippen LogP contribution in [0, 0.1) is 0 Å². The monoisotopic (exact) mass is 342 g/mol. The van der Waals surface area contributed by atoms with E-state index in [9.17, 15) is 4.79 Å². The highest BCUT2D eigenvalue weighted by Crippen LogP contribution is 2.24. The summed E-state index contributed by atoms with van der Waals surface area (Å²) in [7, 11) is 5.59. The fourth-order valence-corrected chi connectivity index (χ4v) is 3.45. The van der Waals surface area contributed by atoms with Gasteiger partial charge in [-0.1, -0.05) is 24.3 Å². The zero-order chi connectivity index (χ0) is 17.8. The molecule has 1 aromatic heterocycles. The van der Waals surface area contributed by atoms with E-state index in [0.717, 1.165) is 26.1 Å². The molecule has 25 heavy (non-hydrogen) atoms. The third kappa shape index (κ3) is 4.27. The van der Waals surface area contributed by atoms with Crippen LogP contribution in [0.5, 0.6) is 0 Å². The lowest BCUT2D eigenvalue weighted by Gasteiger charge is -2.23. The molecule has 6 heteroatoms. The van der Waals surface area contributed by atoms with Gasteiger partial charge in [0.1, 0.15) is 6.04 Å². The van der Waals surface area contributed by atoms with Crippen molar-refractivity contribution in [3.05, 3.63) is 53.9 Å². The number of likely N-dealkylation sites (N-methyl/N-ethyl adjacent to an activating group) is 1. The molecule has 2 heterocycles. The molecular formula is C19H26N4O2. The number of carbonyl (C=O) groups excluding carboxylic acids is 1. The van der Waals surface area contributed by atoms with Crippen molar-refractivity contribution in [3.8, 4) is 0 Å². The number of likely N-dealkylation sites (tertiary alicyclic amines) is 1. The summed E-state index contributed by atoms with van der Waals surface area (Å²) in [5.74, 6) is -0.142. The highest BCUT2D eigenvalue weighted by atomic mass is 16.5. The number of aromatic nitrogens is 2. The predicted molar refractivity (Wildman–Crippen MR) is 96.1 cm³/mol. The molecule has 2 aromatic rings. The van der Waals surface area contributed by atoms with Gasteiger partial charge in [0.15, 0.2) is 0 Å². The molecule has 0 saturated carbocycles. The van der Waals surface area contributed by atoms with Gasteiger partial charge in [-0.15, -0.1) is 0 Å². The van der Waals surface area contributed by atoms with Crippen LogP contribution in [0.4, 0.5) is 0 Å². The minimum Gasteiger partial charge on any atom is -0.468 e. The zero-order valence-electron chi connectivity index (χ0n) is 15.1. The lowest BCUT2D eigenvalue weighted by atomic mass is 10.1. The van der Waals surface area contributed by atoms with Crippen molar-refractivity contribution < 1.29 is 9.53 Å². The number of nitrogens with zero attached hydrogens (tertiary/aromatic N) is 4. The van der Waals surface area contributed by atoms with E-state index in [1.54, 1.807) is 6.20 Å². The summed E-state index contributed by atoms with van der Waals surface area (Å²) in [6.07, 6.45) is 4.56. The van der Waals surface area contributed by atoms with Crippen molar-refractivity contribution in [1.82, 2.24) is 19.6 Å². The molecule has 6 nitrogen and oxygen atoms in total. The lowest BCUT2D eigenvalue weighted by Crippen LogP contribution is -2.36. The maximum Gasteiger partial charge on any atom is 0.323 e. The van der Waals surface area contributed by atoms with E-state index < -0.39 is 0 Å². The van der Waals surface area contributed by atoms with Crippen LogP contribution in [0.25, 0.3) is 0 Å². The van der Waals surface area contributed by atoms with Gasteiger partial charge in [0.2, 0.25) is 0 Å². The van der Waals surface area contributed by atoms with Gasteiger partial charge in [0, 0.05) is 31.5 Å². The smallest absolute Gasteiger partial charge is 0.323 e. The minimum atomic E-state index is -0.174. The van der Waals surface area contributed by atoms with Gasteiger partial charge < -0.3 is 9.64 Å². The number of esters is 1. The van der Waals surface area contributed by atoms with Crippen LogP contribution in [0.1, 0.15) is 17.5 Å². The highest BCUT2D eigenvalue weighted by molar-refractivity contribution is 5.76. The summed E-state index contributed by atoms with van der Waals surface area (Å²) in [6.45, 7) is 2.37. The quantitative estimate of drug-likeness (QED) is 0.747. The third-order valence-corrected chi connectivity index (χ3v) is 4.87. The van der Waals surface area contributed by atoms with E-state index in [1.165, 1.54) is 18.2 Å². The van der Waals surface area contributed by atoms with E-state index in [0.29, 0.717) is 6.04 Å². The highest BCUT2D eigenvalue weighted by Gasteiger charge is 2.38. The SMILES string of the molecule is COC(=O)[C@@H]1C[C@@H](N(C)C)CN1Cc1cccc(Cn2cccn2)c1. The van der Waals surface area contributed by atoms with Crippen molar-refractivity contribution in [2.45, 2.75) is 31.6 Å². The number of ether oxygens (including phenoxy) is 1. The van der Waals surface area contributed by atoms with Crippen molar-refractivity contribution >= 4 is 5.97 Å². The Morgan fingerprint density at radius 1 is 1.28 bits per heavy atom. The molecule has 3 rings (SSSR count). The lowest BCUT2D eigenvalue weighted by molar-refractivity contribution is -0.146. The molecule has 1 saturated heterocycles. The Bertz CT molecular complexity index is 699. The Labute approximate surface area is 149 Å². The van der Waals surface area contributed by atoms with Crippen LogP contribution in [-0.2, 0) is 22.6 Å². The first kappa shape index (κ1) is 17.6. The average Bonchev–Trinajstić information content (AvgIpc) is 3.24. The Balaban J connectivity index is 1.72. The van der Waals surface area contributed by atoms with E-state index in [1.807, 2.05) is 16.9 Å². The molecule has 0 spiro atoms. The van der Waals surface area contributed by atoms with Crippen molar-refractivity contribution in [2.75, 3.05) is 27.7 Å². The van der Waals surface area contributed by atoms with Gasteiger partial charge in [-0.3, -0.25) is 14.4 Å². The summed E-state index contributed by atoms with van der Waals surface area (Å²) in [6, 6.07) is 10.6. The van der Waals surface area contributed by atoms with Crippen LogP contribution in [-0.4, -0.2) is 65.4 Å². The Morgan fingerprint density at radius 2 is 2.04 bits per heavy atom.